The number of imidazole rings is 1. The number of hydrogen-bond acceptors (Lipinski definition) is 6. The molecule has 0 aliphatic heterocycles. The molecule has 0 atom stereocenters. The van der Waals surface area contributed by atoms with E-state index in [-0.39, 0.29) is 11.3 Å². The summed E-state index contributed by atoms with van der Waals surface area (Å²) in [5, 5.41) is 14.2. The maximum Gasteiger partial charge on any atom is 0.344 e. The maximum atomic E-state index is 11.8. The first-order valence-electron chi connectivity index (χ1n) is 7.47. The van der Waals surface area contributed by atoms with Crippen LogP contribution in [0, 0.1) is 17.0 Å². The van der Waals surface area contributed by atoms with Crippen LogP contribution in [0.1, 0.15) is 16.2 Å². The number of carbonyl (C=O) groups excluding carboxylic acids is 1. The minimum absolute atomic E-state index is 0.104. The van der Waals surface area contributed by atoms with Crippen molar-refractivity contribution in [3.63, 3.8) is 0 Å². The molecule has 128 valence electrons. The van der Waals surface area contributed by atoms with Crippen LogP contribution in [0.5, 0.6) is 0 Å². The minimum atomic E-state index is -0.758. The first-order chi connectivity index (χ1) is 11.9. The molecule has 0 aliphatic rings. The third-order valence-electron chi connectivity index (χ3n) is 3.99. The summed E-state index contributed by atoms with van der Waals surface area (Å²) < 4.78 is 6.61. The molecular formula is C17H16N4O4. The first-order valence-corrected chi connectivity index (χ1v) is 7.47. The van der Waals surface area contributed by atoms with Crippen molar-refractivity contribution in [3.05, 3.63) is 57.9 Å². The molecule has 0 aliphatic carbocycles. The van der Waals surface area contributed by atoms with Crippen molar-refractivity contribution in [3.8, 4) is 0 Å². The topological polar surface area (TPSA) is 99.3 Å². The van der Waals surface area contributed by atoms with E-state index in [0.717, 1.165) is 22.5 Å². The highest BCUT2D eigenvalue weighted by Crippen LogP contribution is 2.27. The van der Waals surface area contributed by atoms with Gasteiger partial charge in [-0.3, -0.25) is 10.1 Å². The van der Waals surface area contributed by atoms with Crippen LogP contribution in [0.15, 0.2) is 36.4 Å². The van der Waals surface area contributed by atoms with Crippen molar-refractivity contribution in [2.24, 2.45) is 7.05 Å². The molecule has 3 aromatic rings. The molecule has 1 N–H and O–H groups in total. The van der Waals surface area contributed by atoms with Crippen LogP contribution in [0.3, 0.4) is 0 Å². The summed E-state index contributed by atoms with van der Waals surface area (Å²) in [4.78, 5) is 26.7. The largest absolute Gasteiger partial charge is 0.465 e. The van der Waals surface area contributed by atoms with E-state index in [2.05, 4.69) is 15.0 Å². The smallest absolute Gasteiger partial charge is 0.344 e. The number of aromatic nitrogens is 2. The fourth-order valence-electron chi connectivity index (χ4n) is 2.61. The SMILES string of the molecule is COC(=O)c1cc(Nc2ccc3c(c2)nc(C)n3C)ccc1[N+](=O)[O-]. The number of benzene rings is 2. The molecule has 0 saturated heterocycles. The fourth-order valence-corrected chi connectivity index (χ4v) is 2.61. The predicted molar refractivity (Wildman–Crippen MR) is 93.2 cm³/mol. The van der Waals surface area contributed by atoms with Gasteiger partial charge in [0.1, 0.15) is 11.4 Å². The van der Waals surface area contributed by atoms with E-state index in [1.165, 1.54) is 19.2 Å². The van der Waals surface area contributed by atoms with Gasteiger partial charge in [0.2, 0.25) is 0 Å². The molecule has 0 saturated carbocycles. The standard InChI is InChI=1S/C17H16N4O4/c1-10-18-14-9-12(5-7-16(14)20(10)2)19-11-4-6-15(21(23)24)13(8-11)17(22)25-3/h4-9,19H,1-3H3. The van der Waals surface area contributed by atoms with Crippen LogP contribution in [0.2, 0.25) is 0 Å². The number of nitrogens with one attached hydrogen (secondary N) is 1. The molecule has 3 rings (SSSR count). The van der Waals surface area contributed by atoms with Gasteiger partial charge in [0, 0.05) is 24.5 Å². The molecule has 25 heavy (non-hydrogen) atoms. The van der Waals surface area contributed by atoms with Gasteiger partial charge in [-0.05, 0) is 37.3 Å². The molecule has 8 heteroatoms. The molecule has 0 amide bonds. The number of methoxy groups -OCH3 is 1. The van der Waals surface area contributed by atoms with Crippen molar-refractivity contribution < 1.29 is 14.5 Å². The Bertz CT molecular complexity index is 994. The average Bonchev–Trinajstić information content (AvgIpc) is 2.87. The van der Waals surface area contributed by atoms with Gasteiger partial charge < -0.3 is 14.6 Å². The number of nitro groups is 1. The van der Waals surface area contributed by atoms with Gasteiger partial charge in [-0.15, -0.1) is 0 Å². The molecule has 0 fully saturated rings. The highest BCUT2D eigenvalue weighted by molar-refractivity contribution is 5.95. The van der Waals surface area contributed by atoms with E-state index < -0.39 is 10.9 Å². The van der Waals surface area contributed by atoms with Gasteiger partial charge in [0.05, 0.1) is 23.1 Å². The molecule has 0 spiro atoms. The molecule has 0 radical (unpaired) electrons. The van der Waals surface area contributed by atoms with Crippen molar-refractivity contribution in [2.75, 3.05) is 12.4 Å². The Kier molecular flexibility index (Phi) is 4.10. The van der Waals surface area contributed by atoms with Crippen LogP contribution in [-0.2, 0) is 11.8 Å². The normalized spacial score (nSPS) is 10.7. The maximum absolute atomic E-state index is 11.8. The number of nitro benzene ring substituents is 1. The van der Waals surface area contributed by atoms with E-state index in [1.807, 2.05) is 36.7 Å². The monoisotopic (exact) mass is 340 g/mol. The fraction of sp³-hybridized carbons (Fsp3) is 0.176. The second-order valence-corrected chi connectivity index (χ2v) is 5.53. The Labute approximate surface area is 143 Å². The van der Waals surface area contributed by atoms with Crippen molar-refractivity contribution >= 4 is 34.1 Å². The summed E-state index contributed by atoms with van der Waals surface area (Å²) in [6.07, 6.45) is 0. The molecule has 1 heterocycles. The van der Waals surface area contributed by atoms with Crippen LogP contribution in [0.25, 0.3) is 11.0 Å². The van der Waals surface area contributed by atoms with Gasteiger partial charge in [0.25, 0.3) is 5.69 Å². The van der Waals surface area contributed by atoms with Gasteiger partial charge >= 0.3 is 5.97 Å². The lowest BCUT2D eigenvalue weighted by Gasteiger charge is -2.08. The highest BCUT2D eigenvalue weighted by Gasteiger charge is 2.21. The lowest BCUT2D eigenvalue weighted by Crippen LogP contribution is -2.06. The van der Waals surface area contributed by atoms with Crippen molar-refractivity contribution in [2.45, 2.75) is 6.92 Å². The summed E-state index contributed by atoms with van der Waals surface area (Å²) >= 11 is 0. The molecule has 0 bridgehead atoms. The highest BCUT2D eigenvalue weighted by atomic mass is 16.6. The molecule has 8 nitrogen and oxygen atoms in total. The Morgan fingerprint density at radius 3 is 2.60 bits per heavy atom. The number of fused-ring (bicyclic) bond motifs is 1. The van der Waals surface area contributed by atoms with E-state index in [9.17, 15) is 14.9 Å². The summed E-state index contributed by atoms with van der Waals surface area (Å²) in [5.74, 6) is 0.140. The van der Waals surface area contributed by atoms with Crippen molar-refractivity contribution in [1.82, 2.24) is 9.55 Å². The third-order valence-corrected chi connectivity index (χ3v) is 3.99. The van der Waals surface area contributed by atoms with Gasteiger partial charge in [-0.1, -0.05) is 0 Å². The number of aryl methyl sites for hydroxylation is 2. The minimum Gasteiger partial charge on any atom is -0.465 e. The lowest BCUT2D eigenvalue weighted by molar-refractivity contribution is -0.385. The predicted octanol–water partition coefficient (Wildman–Crippen LogP) is 3.32. The molecular weight excluding hydrogens is 324 g/mol. The van der Waals surface area contributed by atoms with Crippen LogP contribution in [0.4, 0.5) is 17.1 Å². The summed E-state index contributed by atoms with van der Waals surface area (Å²) in [7, 11) is 3.13. The van der Waals surface area contributed by atoms with Crippen LogP contribution < -0.4 is 5.32 Å². The first kappa shape index (κ1) is 16.4. The van der Waals surface area contributed by atoms with Crippen LogP contribution in [-0.4, -0.2) is 27.6 Å². The van der Waals surface area contributed by atoms with Gasteiger partial charge in [0.15, 0.2) is 0 Å². The average molecular weight is 340 g/mol. The zero-order valence-electron chi connectivity index (χ0n) is 13.9. The molecule has 1 aromatic heterocycles. The number of rotatable bonds is 4. The van der Waals surface area contributed by atoms with Crippen molar-refractivity contribution in [1.29, 1.82) is 0 Å². The van der Waals surface area contributed by atoms with E-state index in [1.54, 1.807) is 6.07 Å². The summed E-state index contributed by atoms with van der Waals surface area (Å²) in [6.45, 7) is 1.92. The molecule has 0 unspecified atom stereocenters. The number of ether oxygens (including phenoxy) is 1. The van der Waals surface area contributed by atoms with Crippen LogP contribution >= 0.6 is 0 Å². The number of hydrogen-bond donors (Lipinski definition) is 1. The second kappa shape index (κ2) is 6.23. The number of anilines is 2. The number of nitrogens with zero attached hydrogens (tertiary/aromatic N) is 3. The number of carbonyl (C=O) groups is 1. The second-order valence-electron chi connectivity index (χ2n) is 5.53. The Morgan fingerprint density at radius 2 is 1.92 bits per heavy atom. The Balaban J connectivity index is 1.97. The number of esters is 1. The van der Waals surface area contributed by atoms with Gasteiger partial charge in [-0.25, -0.2) is 9.78 Å². The summed E-state index contributed by atoms with van der Waals surface area (Å²) in [5.41, 5.74) is 2.73. The van der Waals surface area contributed by atoms with E-state index >= 15 is 0 Å². The Morgan fingerprint density at radius 1 is 1.24 bits per heavy atom. The lowest BCUT2D eigenvalue weighted by atomic mass is 10.1. The molecule has 2 aromatic carbocycles. The zero-order valence-corrected chi connectivity index (χ0v) is 13.9. The van der Waals surface area contributed by atoms with E-state index in [0.29, 0.717) is 5.69 Å². The van der Waals surface area contributed by atoms with Gasteiger partial charge in [-0.2, -0.15) is 0 Å². The van der Waals surface area contributed by atoms with E-state index in [4.69, 9.17) is 0 Å². The quantitative estimate of drug-likeness (QED) is 0.444. The zero-order chi connectivity index (χ0) is 18.1. The third kappa shape index (κ3) is 3.01. The Hall–Kier alpha value is -3.42. The summed E-state index contributed by atoms with van der Waals surface area (Å²) in [6, 6.07) is 9.91.